The maximum Gasteiger partial charge on any atom is 0.198 e. The van der Waals surface area contributed by atoms with Crippen molar-refractivity contribution in [1.82, 2.24) is 0 Å². The molecule has 98 valence electrons. The van der Waals surface area contributed by atoms with E-state index in [0.29, 0.717) is 5.75 Å². The van der Waals surface area contributed by atoms with Crippen LogP contribution in [0.2, 0.25) is 0 Å². The van der Waals surface area contributed by atoms with Gasteiger partial charge in [-0.05, 0) is 42.5 Å². The number of halogens is 2. The maximum atomic E-state index is 13.6. The van der Waals surface area contributed by atoms with Gasteiger partial charge >= 0.3 is 0 Å². The Bertz CT molecular complexity index is 617. The van der Waals surface area contributed by atoms with Crippen molar-refractivity contribution in [2.75, 3.05) is 5.73 Å². The molecule has 0 saturated heterocycles. The van der Waals surface area contributed by atoms with E-state index in [1.165, 1.54) is 11.1 Å². The Morgan fingerprint density at radius 3 is 2.37 bits per heavy atom. The Kier molecular flexibility index (Phi) is 2.85. The largest absolute Gasteiger partial charge is 0.451 e. The molecule has 0 unspecified atom stereocenters. The molecule has 0 bridgehead atoms. The van der Waals surface area contributed by atoms with Crippen LogP contribution in [0, 0.1) is 11.6 Å². The van der Waals surface area contributed by atoms with Gasteiger partial charge in [-0.25, -0.2) is 8.78 Å². The fourth-order valence-corrected chi connectivity index (χ4v) is 2.41. The highest BCUT2D eigenvalue weighted by atomic mass is 19.1. The average Bonchev–Trinajstić information content (AvgIpc) is 2.81. The lowest BCUT2D eigenvalue weighted by molar-refractivity contribution is 0.407. The average molecular weight is 261 g/mol. The van der Waals surface area contributed by atoms with E-state index >= 15 is 0 Å². The number of anilines is 1. The van der Waals surface area contributed by atoms with Crippen molar-refractivity contribution < 1.29 is 13.5 Å². The highest BCUT2D eigenvalue weighted by molar-refractivity contribution is 5.46. The first kappa shape index (κ1) is 12.0. The summed E-state index contributed by atoms with van der Waals surface area (Å²) >= 11 is 0. The van der Waals surface area contributed by atoms with Gasteiger partial charge in [-0.2, -0.15) is 0 Å². The van der Waals surface area contributed by atoms with E-state index in [4.69, 9.17) is 10.5 Å². The van der Waals surface area contributed by atoms with Crippen LogP contribution in [0.3, 0.4) is 0 Å². The highest BCUT2D eigenvalue weighted by Gasteiger charge is 2.15. The molecule has 1 aliphatic carbocycles. The summed E-state index contributed by atoms with van der Waals surface area (Å²) in [6.45, 7) is 0. The zero-order chi connectivity index (χ0) is 13.4. The zero-order valence-electron chi connectivity index (χ0n) is 10.2. The summed E-state index contributed by atoms with van der Waals surface area (Å²) in [6.07, 6.45) is 3.16. The summed E-state index contributed by atoms with van der Waals surface area (Å²) in [4.78, 5) is 0. The molecule has 0 aliphatic heterocycles. The van der Waals surface area contributed by atoms with Crippen LogP contribution in [0.1, 0.15) is 17.5 Å². The van der Waals surface area contributed by atoms with Gasteiger partial charge in [0.15, 0.2) is 17.4 Å². The van der Waals surface area contributed by atoms with Crippen molar-refractivity contribution in [3.8, 4) is 11.5 Å². The van der Waals surface area contributed by atoms with Crippen LogP contribution < -0.4 is 10.5 Å². The summed E-state index contributed by atoms with van der Waals surface area (Å²) in [7, 11) is 0. The third-order valence-corrected chi connectivity index (χ3v) is 3.31. The van der Waals surface area contributed by atoms with Crippen LogP contribution >= 0.6 is 0 Å². The normalized spacial score (nSPS) is 13.4. The minimum absolute atomic E-state index is 0.0382. The number of benzene rings is 2. The summed E-state index contributed by atoms with van der Waals surface area (Å²) in [5.41, 5.74) is 7.87. The van der Waals surface area contributed by atoms with Crippen LogP contribution in [0.25, 0.3) is 0 Å². The molecule has 1 aliphatic rings. The monoisotopic (exact) mass is 261 g/mol. The minimum Gasteiger partial charge on any atom is -0.451 e. The molecule has 3 rings (SSSR count). The van der Waals surface area contributed by atoms with Gasteiger partial charge in [-0.3, -0.25) is 0 Å². The summed E-state index contributed by atoms with van der Waals surface area (Å²) in [5, 5.41) is 0. The minimum atomic E-state index is -0.794. The van der Waals surface area contributed by atoms with E-state index < -0.39 is 17.4 Å². The second-order valence-electron chi connectivity index (χ2n) is 4.70. The van der Waals surface area contributed by atoms with Gasteiger partial charge in [0.2, 0.25) is 0 Å². The van der Waals surface area contributed by atoms with Gasteiger partial charge in [0, 0.05) is 17.8 Å². The molecule has 2 aromatic rings. The number of rotatable bonds is 2. The molecule has 0 fully saturated rings. The lowest BCUT2D eigenvalue weighted by Gasteiger charge is -2.10. The van der Waals surface area contributed by atoms with E-state index in [1.807, 2.05) is 12.1 Å². The van der Waals surface area contributed by atoms with Gasteiger partial charge in [0.1, 0.15) is 5.75 Å². The summed E-state index contributed by atoms with van der Waals surface area (Å²) in [5.74, 6) is -1.55. The van der Waals surface area contributed by atoms with E-state index in [9.17, 15) is 8.78 Å². The number of ether oxygens (including phenoxy) is 1. The molecule has 2 N–H and O–H groups in total. The van der Waals surface area contributed by atoms with Crippen molar-refractivity contribution in [2.24, 2.45) is 0 Å². The Balaban J connectivity index is 1.93. The van der Waals surface area contributed by atoms with Crippen LogP contribution in [0.5, 0.6) is 11.5 Å². The van der Waals surface area contributed by atoms with Crippen LogP contribution in [-0.2, 0) is 12.8 Å². The number of hydrogen-bond donors (Lipinski definition) is 1. The smallest absolute Gasteiger partial charge is 0.198 e. The highest BCUT2D eigenvalue weighted by Crippen LogP contribution is 2.32. The second kappa shape index (κ2) is 4.53. The molecule has 4 heteroatoms. The molecule has 0 radical (unpaired) electrons. The second-order valence-corrected chi connectivity index (χ2v) is 4.70. The molecular formula is C15H13F2NO. The fraction of sp³-hybridized carbons (Fsp3) is 0.200. The third kappa shape index (κ3) is 2.26. The summed E-state index contributed by atoms with van der Waals surface area (Å²) in [6, 6.07) is 7.62. The van der Waals surface area contributed by atoms with Crippen molar-refractivity contribution >= 4 is 5.69 Å². The van der Waals surface area contributed by atoms with Gasteiger partial charge in [0.05, 0.1) is 0 Å². The van der Waals surface area contributed by atoms with E-state index in [1.54, 1.807) is 6.07 Å². The zero-order valence-corrected chi connectivity index (χ0v) is 10.2. The van der Waals surface area contributed by atoms with E-state index in [-0.39, 0.29) is 5.69 Å². The van der Waals surface area contributed by atoms with E-state index in [0.717, 1.165) is 31.4 Å². The molecule has 2 nitrogen and oxygen atoms in total. The first-order chi connectivity index (χ1) is 9.13. The summed E-state index contributed by atoms with van der Waals surface area (Å²) < 4.78 is 32.6. The number of nitrogens with two attached hydrogens (primary N) is 1. The van der Waals surface area contributed by atoms with Crippen molar-refractivity contribution in [3.05, 3.63) is 53.1 Å². The van der Waals surface area contributed by atoms with Gasteiger partial charge < -0.3 is 10.5 Å². The molecule has 0 spiro atoms. The van der Waals surface area contributed by atoms with Crippen molar-refractivity contribution in [1.29, 1.82) is 0 Å². The standard InChI is InChI=1S/C15H13F2NO/c16-13-7-11(18)8-14(17)15(13)19-12-5-4-9-2-1-3-10(9)6-12/h4-8H,1-3,18H2. The van der Waals surface area contributed by atoms with Crippen LogP contribution in [0.15, 0.2) is 30.3 Å². The lowest BCUT2D eigenvalue weighted by atomic mass is 10.1. The van der Waals surface area contributed by atoms with Gasteiger partial charge in [-0.1, -0.05) is 6.07 Å². The van der Waals surface area contributed by atoms with Gasteiger partial charge in [0.25, 0.3) is 0 Å². The molecule has 0 amide bonds. The Hall–Kier alpha value is -2.10. The quantitative estimate of drug-likeness (QED) is 0.834. The Morgan fingerprint density at radius 1 is 0.947 bits per heavy atom. The first-order valence-corrected chi connectivity index (χ1v) is 6.17. The lowest BCUT2D eigenvalue weighted by Crippen LogP contribution is -1.96. The molecule has 0 saturated carbocycles. The fourth-order valence-electron chi connectivity index (χ4n) is 2.41. The van der Waals surface area contributed by atoms with Crippen LogP contribution in [0.4, 0.5) is 14.5 Å². The SMILES string of the molecule is Nc1cc(F)c(Oc2ccc3c(c2)CCC3)c(F)c1. The first-order valence-electron chi connectivity index (χ1n) is 6.17. The number of fused-ring (bicyclic) bond motifs is 1. The third-order valence-electron chi connectivity index (χ3n) is 3.31. The van der Waals surface area contributed by atoms with Crippen LogP contribution in [-0.4, -0.2) is 0 Å². The number of aryl methyl sites for hydroxylation is 2. The molecule has 0 atom stereocenters. The number of nitrogen functional groups attached to an aromatic ring is 1. The van der Waals surface area contributed by atoms with Crippen molar-refractivity contribution in [3.63, 3.8) is 0 Å². The molecule has 2 aromatic carbocycles. The predicted octanol–water partition coefficient (Wildman–Crippen LogP) is 3.83. The molecule has 0 heterocycles. The number of hydrogen-bond acceptors (Lipinski definition) is 2. The topological polar surface area (TPSA) is 35.2 Å². The molecule has 0 aromatic heterocycles. The Morgan fingerprint density at radius 2 is 1.63 bits per heavy atom. The van der Waals surface area contributed by atoms with Crippen molar-refractivity contribution in [2.45, 2.75) is 19.3 Å². The predicted molar refractivity (Wildman–Crippen MR) is 69.3 cm³/mol. The Labute approximate surface area is 109 Å². The molecular weight excluding hydrogens is 248 g/mol. The molecule has 19 heavy (non-hydrogen) atoms. The van der Waals surface area contributed by atoms with Gasteiger partial charge in [-0.15, -0.1) is 0 Å². The van der Waals surface area contributed by atoms with E-state index in [2.05, 4.69) is 0 Å². The maximum absolute atomic E-state index is 13.6.